The van der Waals surface area contributed by atoms with Crippen LogP contribution in [0.15, 0.2) is 42.5 Å². The Balaban J connectivity index is 0.00000210. The van der Waals surface area contributed by atoms with E-state index in [0.29, 0.717) is 30.4 Å². The highest BCUT2D eigenvalue weighted by molar-refractivity contribution is 8.27. The van der Waals surface area contributed by atoms with Crippen LogP contribution >= 0.6 is 23.4 Å². The topological polar surface area (TPSA) is 59.0 Å². The lowest BCUT2D eigenvalue weighted by Gasteiger charge is -2.43. The van der Waals surface area contributed by atoms with Crippen LogP contribution in [0.3, 0.4) is 0 Å². The van der Waals surface area contributed by atoms with Gasteiger partial charge in [0.05, 0.1) is 11.4 Å². The first-order chi connectivity index (χ1) is 12.5. The third-order valence-corrected chi connectivity index (χ3v) is 6.44. The van der Waals surface area contributed by atoms with E-state index in [2.05, 4.69) is 5.32 Å². The van der Waals surface area contributed by atoms with Crippen molar-refractivity contribution in [1.82, 2.24) is 5.32 Å². The van der Waals surface area contributed by atoms with E-state index in [1.165, 1.54) is 23.2 Å². The zero-order valence-electron chi connectivity index (χ0n) is 14.5. The molecule has 1 aliphatic heterocycles. The lowest BCUT2D eigenvalue weighted by atomic mass is 10.2. The number of para-hydroxylation sites is 3. The molecule has 5 nitrogen and oxygen atoms in total. The molecule has 0 aromatic heterocycles. The minimum atomic E-state index is -3.61. The normalized spacial score (nSPS) is 18.8. The monoisotopic (exact) mass is 417 g/mol. The number of hydrogen-bond acceptors (Lipinski definition) is 5. The van der Waals surface area contributed by atoms with Gasteiger partial charge in [-0.1, -0.05) is 18.2 Å². The largest absolute Gasteiger partial charge is 0.314 e. The summed E-state index contributed by atoms with van der Waals surface area (Å²) in [5, 5.41) is 3.38. The summed E-state index contributed by atoms with van der Waals surface area (Å²) in [6.45, 7) is 1.12. The molecule has 0 radical (unpaired) electrons. The smallest absolute Gasteiger partial charge is 0.151 e. The van der Waals surface area contributed by atoms with Crippen molar-refractivity contribution in [3.05, 3.63) is 54.1 Å². The van der Waals surface area contributed by atoms with Gasteiger partial charge in [-0.2, -0.15) is 0 Å². The van der Waals surface area contributed by atoms with Gasteiger partial charge in [-0.15, -0.1) is 12.4 Å². The number of rotatable bonds is 6. The summed E-state index contributed by atoms with van der Waals surface area (Å²) >= 11 is 0. The molecule has 27 heavy (non-hydrogen) atoms. The van der Waals surface area contributed by atoms with Gasteiger partial charge in [-0.05, 0) is 61.0 Å². The fourth-order valence-corrected chi connectivity index (χ4v) is 5.02. The van der Waals surface area contributed by atoms with E-state index in [0.717, 1.165) is 23.0 Å². The minimum absolute atomic E-state index is 0. The molecule has 2 aromatic carbocycles. The number of hydrogen-bond donors (Lipinski definition) is 3. The van der Waals surface area contributed by atoms with E-state index < -0.39 is 28.3 Å². The summed E-state index contributed by atoms with van der Waals surface area (Å²) < 4.78 is 52.9. The third kappa shape index (κ3) is 3.72. The molecule has 1 aliphatic carbocycles. The Hall–Kier alpha value is -1.58. The van der Waals surface area contributed by atoms with Gasteiger partial charge in [-0.25, -0.2) is 13.1 Å². The van der Waals surface area contributed by atoms with Crippen molar-refractivity contribution < 1.29 is 17.9 Å². The molecule has 2 aromatic rings. The fraction of sp³-hybridized carbons (Fsp3) is 0.333. The second-order valence-corrected chi connectivity index (χ2v) is 8.31. The highest BCUT2D eigenvalue weighted by Crippen LogP contribution is 2.64. The van der Waals surface area contributed by atoms with Crippen molar-refractivity contribution in [1.29, 1.82) is 0 Å². The van der Waals surface area contributed by atoms with Gasteiger partial charge in [0.2, 0.25) is 0 Å². The predicted molar refractivity (Wildman–Crippen MR) is 108 cm³/mol. The van der Waals surface area contributed by atoms with Crippen LogP contribution in [0.1, 0.15) is 19.3 Å². The van der Waals surface area contributed by atoms with Gasteiger partial charge in [-0.3, -0.25) is 13.4 Å². The second-order valence-electron chi connectivity index (χ2n) is 6.53. The number of fused-ring (bicyclic) bond motifs is 1. The Bertz CT molecular complexity index is 803. The van der Waals surface area contributed by atoms with E-state index >= 15 is 0 Å². The van der Waals surface area contributed by atoms with Crippen LogP contribution in [0.2, 0.25) is 0 Å². The number of halogens is 3. The number of benzene rings is 2. The average molecular weight is 418 g/mol. The van der Waals surface area contributed by atoms with Gasteiger partial charge >= 0.3 is 0 Å². The minimum Gasteiger partial charge on any atom is -0.314 e. The van der Waals surface area contributed by atoms with Gasteiger partial charge in [0.15, 0.2) is 11.6 Å². The van der Waals surface area contributed by atoms with Gasteiger partial charge in [0.25, 0.3) is 0 Å². The maximum Gasteiger partial charge on any atom is 0.151 e. The summed E-state index contributed by atoms with van der Waals surface area (Å²) in [6, 6.07) is 10.9. The molecular weight excluding hydrogens is 396 g/mol. The first-order valence-corrected chi connectivity index (χ1v) is 10.1. The highest BCUT2D eigenvalue weighted by Gasteiger charge is 2.43. The predicted octanol–water partition coefficient (Wildman–Crippen LogP) is 5.07. The highest BCUT2D eigenvalue weighted by atomic mass is 35.5. The molecule has 0 amide bonds. The average Bonchev–Trinajstić information content (AvgIpc) is 3.39. The molecular formula is C18H22ClF2N3O2S. The van der Waals surface area contributed by atoms with Gasteiger partial charge < -0.3 is 5.32 Å². The molecule has 0 atom stereocenters. The zero-order chi connectivity index (χ0) is 18.3. The van der Waals surface area contributed by atoms with Crippen LogP contribution in [0.5, 0.6) is 0 Å². The molecule has 1 saturated carbocycles. The maximum atomic E-state index is 14.4. The van der Waals surface area contributed by atoms with Crippen molar-refractivity contribution in [2.75, 3.05) is 21.7 Å². The molecule has 4 rings (SSSR count). The molecule has 3 N–H and O–H groups in total. The molecule has 1 heterocycles. The van der Waals surface area contributed by atoms with Crippen molar-refractivity contribution in [3.8, 4) is 0 Å². The Kier molecular flexibility index (Phi) is 5.83. The Labute approximate surface area is 165 Å². The second kappa shape index (κ2) is 7.81. The van der Waals surface area contributed by atoms with Crippen LogP contribution in [0, 0.1) is 11.6 Å². The van der Waals surface area contributed by atoms with Crippen LogP contribution in [-0.4, -0.2) is 28.2 Å². The fourth-order valence-electron chi connectivity index (χ4n) is 3.19. The molecule has 9 heteroatoms. The summed E-state index contributed by atoms with van der Waals surface area (Å²) in [6.07, 6.45) is 3.05. The quantitative estimate of drug-likeness (QED) is 0.573. The zero-order valence-corrected chi connectivity index (χ0v) is 16.1. The lowest BCUT2D eigenvalue weighted by Crippen LogP contribution is -2.34. The summed E-state index contributed by atoms with van der Waals surface area (Å²) in [5.74, 6) is -1.67. The molecule has 2 aliphatic rings. The first-order valence-electron chi connectivity index (χ1n) is 8.63. The Morgan fingerprint density at radius 3 is 2.26 bits per heavy atom. The van der Waals surface area contributed by atoms with E-state index in [4.69, 9.17) is 0 Å². The van der Waals surface area contributed by atoms with Crippen LogP contribution in [0.25, 0.3) is 0 Å². The molecule has 1 fully saturated rings. The van der Waals surface area contributed by atoms with Crippen molar-refractivity contribution in [2.45, 2.75) is 25.3 Å². The summed E-state index contributed by atoms with van der Waals surface area (Å²) in [7, 11) is -3.61. The molecule has 0 spiro atoms. The van der Waals surface area contributed by atoms with Crippen molar-refractivity contribution in [3.63, 3.8) is 0 Å². The van der Waals surface area contributed by atoms with Gasteiger partial charge in [0, 0.05) is 12.6 Å². The molecule has 0 bridgehead atoms. The maximum absolute atomic E-state index is 14.4. The third-order valence-electron chi connectivity index (χ3n) is 4.60. The van der Waals surface area contributed by atoms with E-state index in [1.807, 2.05) is 0 Å². The lowest BCUT2D eigenvalue weighted by molar-refractivity contribution is 0.480. The molecule has 148 valence electrons. The first kappa shape index (κ1) is 20.2. The standard InChI is InChI=1S/C18H21F2N3O2S.ClH/c19-14-5-3-6-15(20)18(14)23-17-8-2-1-7-16(17)22(26(23,24)25)12-4-11-21-13-9-10-13;/h1-3,5-8,13,21,24-25H,4,9-12H2;1H. The Morgan fingerprint density at radius 1 is 1.00 bits per heavy atom. The van der Waals surface area contributed by atoms with Gasteiger partial charge in [0.1, 0.15) is 5.69 Å². The van der Waals surface area contributed by atoms with Crippen LogP contribution in [0.4, 0.5) is 25.8 Å². The SMILES string of the molecule is Cl.OS1(O)N(CCCNC2CC2)c2ccccc2N1c1c(F)cccc1F. The summed E-state index contributed by atoms with van der Waals surface area (Å²) in [5.41, 5.74) is 0.492. The van der Waals surface area contributed by atoms with E-state index in [9.17, 15) is 17.9 Å². The van der Waals surface area contributed by atoms with E-state index in [1.54, 1.807) is 24.3 Å². The van der Waals surface area contributed by atoms with Crippen molar-refractivity contribution in [2.24, 2.45) is 0 Å². The number of anilines is 3. The van der Waals surface area contributed by atoms with Crippen LogP contribution < -0.4 is 13.9 Å². The van der Waals surface area contributed by atoms with E-state index in [-0.39, 0.29) is 12.4 Å². The molecule has 0 unspecified atom stereocenters. The summed E-state index contributed by atoms with van der Waals surface area (Å²) in [4.78, 5) is 0. The number of nitrogens with zero attached hydrogens (tertiary/aromatic N) is 2. The van der Waals surface area contributed by atoms with Crippen LogP contribution in [-0.2, 0) is 0 Å². The number of nitrogens with one attached hydrogen (secondary N) is 1. The van der Waals surface area contributed by atoms with Crippen molar-refractivity contribution >= 4 is 40.4 Å². The Morgan fingerprint density at radius 2 is 1.63 bits per heavy atom. The molecule has 0 saturated heterocycles.